The minimum atomic E-state index is -0.840. The van der Waals surface area contributed by atoms with E-state index in [1.54, 1.807) is 24.4 Å². The molecule has 2 fully saturated rings. The molecular weight excluding hydrogens is 436 g/mol. The molecule has 2 aromatic rings. The van der Waals surface area contributed by atoms with Gasteiger partial charge in [0.1, 0.15) is 6.04 Å². The van der Waals surface area contributed by atoms with Crippen LogP contribution in [-0.2, 0) is 19.1 Å². The third-order valence-electron chi connectivity index (χ3n) is 5.97. The molecule has 2 aromatic carbocycles. The largest absolute Gasteiger partial charge is 0.467 e. The Morgan fingerprint density at radius 2 is 1.79 bits per heavy atom. The monoisotopic (exact) mass is 452 g/mol. The molecule has 2 amide bonds. The number of benzene rings is 2. The van der Waals surface area contributed by atoms with E-state index in [4.69, 9.17) is 4.74 Å². The quantitative estimate of drug-likeness (QED) is 0.517. The lowest BCUT2D eigenvalue weighted by Gasteiger charge is -2.34. The van der Waals surface area contributed by atoms with Crippen molar-refractivity contribution >= 4 is 45.5 Å². The Bertz CT molecular complexity index is 1080. The SMILES string of the molecule is COC(=O)[C@@H]1[C@@H]2C(=O)N(c3cccc(Br)c3)C(=O)[C@H]2[C@H]2c3ccccc3C=CN12. The van der Waals surface area contributed by atoms with Gasteiger partial charge >= 0.3 is 5.97 Å². The number of carbonyl (C=O) groups excluding carboxylic acids is 3. The number of hydrogen-bond acceptors (Lipinski definition) is 5. The average Bonchev–Trinajstić information content (AvgIpc) is 3.20. The zero-order valence-electron chi connectivity index (χ0n) is 15.5. The van der Waals surface area contributed by atoms with E-state index in [0.29, 0.717) is 5.69 Å². The van der Waals surface area contributed by atoms with Crippen LogP contribution in [-0.4, -0.2) is 35.8 Å². The van der Waals surface area contributed by atoms with Gasteiger partial charge in [-0.1, -0.05) is 46.3 Å². The number of methoxy groups -OCH3 is 1. The molecule has 2 saturated heterocycles. The summed E-state index contributed by atoms with van der Waals surface area (Å²) in [4.78, 5) is 42.7. The van der Waals surface area contributed by atoms with Crippen LogP contribution in [0.3, 0.4) is 0 Å². The van der Waals surface area contributed by atoms with E-state index in [2.05, 4.69) is 15.9 Å². The van der Waals surface area contributed by atoms with Crippen LogP contribution in [0, 0.1) is 11.8 Å². The molecule has 3 heterocycles. The predicted molar refractivity (Wildman–Crippen MR) is 109 cm³/mol. The van der Waals surface area contributed by atoms with Crippen molar-refractivity contribution in [3.63, 3.8) is 0 Å². The summed E-state index contributed by atoms with van der Waals surface area (Å²) in [5.74, 6) is -2.62. The van der Waals surface area contributed by atoms with Crippen molar-refractivity contribution in [1.82, 2.24) is 4.90 Å². The molecule has 0 N–H and O–H groups in total. The first-order chi connectivity index (χ1) is 14.0. The Kier molecular flexibility index (Phi) is 4.10. The van der Waals surface area contributed by atoms with Crippen LogP contribution < -0.4 is 4.90 Å². The second-order valence-electron chi connectivity index (χ2n) is 7.35. The molecule has 4 atom stereocenters. The maximum atomic E-state index is 13.5. The topological polar surface area (TPSA) is 66.9 Å². The summed E-state index contributed by atoms with van der Waals surface area (Å²) in [6, 6.07) is 13.6. The third-order valence-corrected chi connectivity index (χ3v) is 6.46. The zero-order chi connectivity index (χ0) is 20.3. The molecule has 0 bridgehead atoms. The lowest BCUT2D eigenvalue weighted by molar-refractivity contribution is -0.148. The molecule has 3 aliphatic rings. The lowest BCUT2D eigenvalue weighted by Crippen LogP contribution is -2.44. The lowest BCUT2D eigenvalue weighted by atomic mass is 9.84. The van der Waals surface area contributed by atoms with Crippen LogP contribution in [0.15, 0.2) is 59.2 Å². The first-order valence-electron chi connectivity index (χ1n) is 9.28. The predicted octanol–water partition coefficient (Wildman–Crippen LogP) is 3.14. The van der Waals surface area contributed by atoms with E-state index in [-0.39, 0.29) is 17.9 Å². The van der Waals surface area contributed by atoms with Gasteiger partial charge in [0.05, 0.1) is 30.7 Å². The van der Waals surface area contributed by atoms with Crippen LogP contribution in [0.1, 0.15) is 17.2 Å². The Balaban J connectivity index is 1.66. The van der Waals surface area contributed by atoms with E-state index in [0.717, 1.165) is 15.6 Å². The molecule has 0 radical (unpaired) electrons. The zero-order valence-corrected chi connectivity index (χ0v) is 17.1. The summed E-state index contributed by atoms with van der Waals surface area (Å²) in [6.07, 6.45) is 3.71. The van der Waals surface area contributed by atoms with E-state index in [9.17, 15) is 14.4 Å². The van der Waals surface area contributed by atoms with Crippen molar-refractivity contribution in [2.24, 2.45) is 11.8 Å². The highest BCUT2D eigenvalue weighted by Gasteiger charge is 2.65. The van der Waals surface area contributed by atoms with Crippen LogP contribution in [0.25, 0.3) is 6.08 Å². The number of ether oxygens (including phenoxy) is 1. The molecule has 146 valence electrons. The number of anilines is 1. The number of esters is 1. The number of halogens is 1. The standard InChI is InChI=1S/C22H17BrN2O4/c1-29-22(28)19-17-16(18-15-8-3-2-5-12(15)9-10-24(18)19)20(26)25(21(17)27)14-7-4-6-13(23)11-14/h2-11,16-19H,1H3/t16-,17-,18-,19+/m1/s1. The van der Waals surface area contributed by atoms with Gasteiger partial charge in [0.15, 0.2) is 0 Å². The summed E-state index contributed by atoms with van der Waals surface area (Å²) >= 11 is 3.39. The van der Waals surface area contributed by atoms with Crippen LogP contribution >= 0.6 is 15.9 Å². The molecule has 0 aromatic heterocycles. The third kappa shape index (κ3) is 2.50. The van der Waals surface area contributed by atoms with Crippen molar-refractivity contribution in [2.75, 3.05) is 12.0 Å². The summed E-state index contributed by atoms with van der Waals surface area (Å²) in [5.41, 5.74) is 2.42. The fourth-order valence-electron chi connectivity index (χ4n) is 4.82. The Labute approximate surface area is 175 Å². The molecule has 7 heteroatoms. The van der Waals surface area contributed by atoms with Gasteiger partial charge in [0.25, 0.3) is 0 Å². The fraction of sp³-hybridized carbons (Fsp3) is 0.227. The van der Waals surface area contributed by atoms with Crippen LogP contribution in [0.5, 0.6) is 0 Å². The van der Waals surface area contributed by atoms with Gasteiger partial charge in [-0.3, -0.25) is 9.59 Å². The number of amides is 2. The van der Waals surface area contributed by atoms with Crippen molar-refractivity contribution in [1.29, 1.82) is 0 Å². The Morgan fingerprint density at radius 1 is 1.03 bits per heavy atom. The van der Waals surface area contributed by atoms with E-state index >= 15 is 0 Å². The normalized spacial score (nSPS) is 27.0. The minimum absolute atomic E-state index is 0.287. The highest BCUT2D eigenvalue weighted by molar-refractivity contribution is 9.10. The number of imide groups is 1. The highest BCUT2D eigenvalue weighted by atomic mass is 79.9. The van der Waals surface area contributed by atoms with Crippen LogP contribution in [0.4, 0.5) is 5.69 Å². The second kappa shape index (κ2) is 6.56. The number of nitrogens with zero attached hydrogens (tertiary/aromatic N) is 2. The van der Waals surface area contributed by atoms with E-state index < -0.39 is 23.8 Å². The van der Waals surface area contributed by atoms with E-state index in [1.165, 1.54) is 12.0 Å². The maximum Gasteiger partial charge on any atom is 0.329 e. The maximum absolute atomic E-state index is 13.5. The average molecular weight is 453 g/mol. The first-order valence-corrected chi connectivity index (χ1v) is 10.1. The molecular formula is C22H17BrN2O4. The Hall–Kier alpha value is -2.93. The van der Waals surface area contributed by atoms with Crippen molar-refractivity contribution in [3.8, 4) is 0 Å². The molecule has 3 aliphatic heterocycles. The Morgan fingerprint density at radius 3 is 2.55 bits per heavy atom. The summed E-state index contributed by atoms with van der Waals surface area (Å²) < 4.78 is 5.79. The second-order valence-corrected chi connectivity index (χ2v) is 8.26. The van der Waals surface area contributed by atoms with Gasteiger partial charge in [0, 0.05) is 10.7 Å². The minimum Gasteiger partial charge on any atom is -0.467 e. The number of rotatable bonds is 2. The van der Waals surface area contributed by atoms with Gasteiger partial charge in [-0.2, -0.15) is 0 Å². The molecule has 0 spiro atoms. The van der Waals surface area contributed by atoms with Crippen molar-refractivity contribution in [3.05, 3.63) is 70.3 Å². The molecule has 0 unspecified atom stereocenters. The molecule has 0 aliphatic carbocycles. The number of carbonyl (C=O) groups is 3. The van der Waals surface area contributed by atoms with Crippen molar-refractivity contribution < 1.29 is 19.1 Å². The number of hydrogen-bond donors (Lipinski definition) is 0. The van der Waals surface area contributed by atoms with E-state index in [1.807, 2.05) is 41.3 Å². The summed E-state index contributed by atoms with van der Waals surface area (Å²) in [7, 11) is 1.31. The van der Waals surface area contributed by atoms with Crippen molar-refractivity contribution in [2.45, 2.75) is 12.1 Å². The van der Waals surface area contributed by atoms with Gasteiger partial charge in [-0.05, 0) is 35.4 Å². The molecule has 0 saturated carbocycles. The smallest absolute Gasteiger partial charge is 0.329 e. The van der Waals surface area contributed by atoms with Gasteiger partial charge in [0.2, 0.25) is 11.8 Å². The summed E-state index contributed by atoms with van der Waals surface area (Å²) in [6.45, 7) is 0. The summed E-state index contributed by atoms with van der Waals surface area (Å²) in [5, 5.41) is 0. The van der Waals surface area contributed by atoms with Crippen LogP contribution in [0.2, 0.25) is 0 Å². The fourth-order valence-corrected chi connectivity index (χ4v) is 5.20. The first kappa shape index (κ1) is 18.1. The number of fused-ring (bicyclic) bond motifs is 5. The highest BCUT2D eigenvalue weighted by Crippen LogP contribution is 2.53. The molecule has 6 nitrogen and oxygen atoms in total. The van der Waals surface area contributed by atoms with Gasteiger partial charge in [-0.25, -0.2) is 9.69 Å². The van der Waals surface area contributed by atoms with Gasteiger partial charge < -0.3 is 9.64 Å². The van der Waals surface area contributed by atoms with Gasteiger partial charge in [-0.15, -0.1) is 0 Å². The molecule has 5 rings (SSSR count). The molecule has 29 heavy (non-hydrogen) atoms.